The lowest BCUT2D eigenvalue weighted by Gasteiger charge is -2.29. The highest BCUT2D eigenvalue weighted by molar-refractivity contribution is 8.00. The molecule has 2 rings (SSSR count). The molecule has 0 fully saturated rings. The van der Waals surface area contributed by atoms with Crippen molar-refractivity contribution in [2.45, 2.75) is 55.1 Å². The summed E-state index contributed by atoms with van der Waals surface area (Å²) >= 11 is 1.22. The van der Waals surface area contributed by atoms with E-state index in [1.165, 1.54) is 49.2 Å². The van der Waals surface area contributed by atoms with E-state index in [0.717, 1.165) is 6.26 Å². The molecule has 12 nitrogen and oxygen atoms in total. The Kier molecular flexibility index (Phi) is 10.7. The van der Waals surface area contributed by atoms with E-state index in [1.54, 1.807) is 6.07 Å². The molecule has 0 saturated heterocycles. The normalized spacial score (nSPS) is 18.0. The van der Waals surface area contributed by atoms with Crippen LogP contribution in [0.25, 0.3) is 0 Å². The molecule has 1 aliphatic rings. The number of hydrogen-bond acceptors (Lipinski definition) is 10. The number of rotatable bonds is 12. The second-order valence-electron chi connectivity index (χ2n) is 9.51. The fraction of sp³-hybridized carbons (Fsp3) is 0.636. The fourth-order valence-electron chi connectivity index (χ4n) is 3.60. The van der Waals surface area contributed by atoms with Gasteiger partial charge in [0.1, 0.15) is 9.84 Å². The van der Waals surface area contributed by atoms with Crippen LogP contribution in [0.5, 0.6) is 0 Å². The van der Waals surface area contributed by atoms with Crippen LogP contribution < -0.4 is 16.0 Å². The van der Waals surface area contributed by atoms with Crippen LogP contribution in [0, 0.1) is 11.8 Å². The molecule has 4 N–H and O–H groups in total. The lowest BCUT2D eigenvalue weighted by Crippen LogP contribution is -2.50. The zero-order chi connectivity index (χ0) is 28.1. The lowest BCUT2D eigenvalue weighted by atomic mass is 10.1. The number of benzene rings is 1. The summed E-state index contributed by atoms with van der Waals surface area (Å²) in [6, 6.07) is 3.72. The molecule has 37 heavy (non-hydrogen) atoms. The molecule has 1 heterocycles. The topological polar surface area (TPSA) is 171 Å². The molecule has 1 aromatic rings. The number of nitrogens with zero attached hydrogens (tertiary/aromatic N) is 1. The number of sulfone groups is 1. The van der Waals surface area contributed by atoms with E-state index >= 15 is 0 Å². The average Bonchev–Trinajstić information content (AvgIpc) is 3.18. The third kappa shape index (κ3) is 9.02. The van der Waals surface area contributed by atoms with Crippen molar-refractivity contribution in [1.82, 2.24) is 14.9 Å². The molecule has 210 valence electrons. The molecule has 4 atom stereocenters. The number of anilines is 1. The smallest absolute Gasteiger partial charge is 0.409 e. The maximum atomic E-state index is 13.6. The van der Waals surface area contributed by atoms with Crippen LogP contribution in [-0.4, -0.2) is 88.1 Å². The third-order valence-electron chi connectivity index (χ3n) is 5.46. The van der Waals surface area contributed by atoms with Crippen LogP contribution in [0.15, 0.2) is 28.0 Å². The Morgan fingerprint density at radius 3 is 2.38 bits per heavy atom. The number of hydrogen-bond donors (Lipinski definition) is 4. The largest absolute Gasteiger partial charge is 0.453 e. The van der Waals surface area contributed by atoms with E-state index in [2.05, 4.69) is 20.7 Å². The standard InChI is InChI=1S/C22H36N4O8S3/c1-13(2)10-26(11-18(27)15(4)23-20(28)14(3)12-36(6,30)31)37(32,33)16-7-8-17-19(9-16)35-21(24-17)25-22(29)34-5/h7-9,13-15,18,21,24,27H,10-12H2,1-6H3,(H,23,28)(H,25,29)/t14?,15-,18?,21?/m0/s1. The highest BCUT2D eigenvalue weighted by atomic mass is 32.2. The van der Waals surface area contributed by atoms with Gasteiger partial charge in [-0.15, -0.1) is 0 Å². The number of carbonyl (C=O) groups excluding carboxylic acids is 2. The maximum absolute atomic E-state index is 13.6. The number of aliphatic hydroxyl groups excluding tert-OH is 1. The van der Waals surface area contributed by atoms with Gasteiger partial charge in [-0.05, 0) is 31.0 Å². The lowest BCUT2D eigenvalue weighted by molar-refractivity contribution is -0.125. The van der Waals surface area contributed by atoms with E-state index in [4.69, 9.17) is 0 Å². The highest BCUT2D eigenvalue weighted by Crippen LogP contribution is 2.39. The van der Waals surface area contributed by atoms with Crippen molar-refractivity contribution in [3.8, 4) is 0 Å². The number of aliphatic hydroxyl groups is 1. The molecular formula is C22H36N4O8S3. The molecule has 15 heteroatoms. The summed E-state index contributed by atoms with van der Waals surface area (Å²) in [4.78, 5) is 24.5. The van der Waals surface area contributed by atoms with Crippen molar-refractivity contribution in [2.24, 2.45) is 11.8 Å². The van der Waals surface area contributed by atoms with Crippen molar-refractivity contribution in [3.63, 3.8) is 0 Å². The zero-order valence-electron chi connectivity index (χ0n) is 21.7. The number of methoxy groups -OCH3 is 1. The molecule has 0 aromatic heterocycles. The summed E-state index contributed by atoms with van der Waals surface area (Å²) in [7, 11) is -6.16. The first kappa shape index (κ1) is 31.1. The summed E-state index contributed by atoms with van der Waals surface area (Å²) in [5.41, 5.74) is 0.129. The quantitative estimate of drug-likeness (QED) is 0.280. The van der Waals surface area contributed by atoms with E-state index in [0.29, 0.717) is 10.6 Å². The van der Waals surface area contributed by atoms with Gasteiger partial charge < -0.3 is 20.5 Å². The molecule has 0 spiro atoms. The van der Waals surface area contributed by atoms with E-state index in [-0.39, 0.29) is 29.7 Å². The molecule has 1 aromatic carbocycles. The number of sulfonamides is 1. The second kappa shape index (κ2) is 12.7. The molecule has 0 aliphatic carbocycles. The Labute approximate surface area is 222 Å². The molecule has 0 radical (unpaired) electrons. The van der Waals surface area contributed by atoms with Gasteiger partial charge in [-0.1, -0.05) is 32.5 Å². The molecule has 0 bridgehead atoms. The average molecular weight is 581 g/mol. The van der Waals surface area contributed by atoms with Gasteiger partial charge >= 0.3 is 6.09 Å². The van der Waals surface area contributed by atoms with Gasteiger partial charge in [0.15, 0.2) is 5.50 Å². The SMILES string of the molecule is COC(=O)NC1Nc2ccc(S(=O)(=O)N(CC(C)C)CC(O)[C@H](C)NC(=O)C(C)CS(C)(=O)=O)cc2S1. The van der Waals surface area contributed by atoms with E-state index in [9.17, 15) is 31.5 Å². The first-order valence-electron chi connectivity index (χ1n) is 11.6. The monoisotopic (exact) mass is 580 g/mol. The van der Waals surface area contributed by atoms with Crippen LogP contribution in [0.1, 0.15) is 27.7 Å². The van der Waals surface area contributed by atoms with Crippen molar-refractivity contribution in [2.75, 3.05) is 37.5 Å². The Balaban J connectivity index is 2.17. The minimum Gasteiger partial charge on any atom is -0.453 e. The molecule has 0 saturated carbocycles. The summed E-state index contributed by atoms with van der Waals surface area (Å²) in [5.74, 6) is -1.76. The van der Waals surface area contributed by atoms with Crippen molar-refractivity contribution < 1.29 is 36.3 Å². The Morgan fingerprint density at radius 2 is 1.81 bits per heavy atom. The maximum Gasteiger partial charge on any atom is 0.409 e. The van der Waals surface area contributed by atoms with Crippen LogP contribution in [0.3, 0.4) is 0 Å². The molecule has 3 unspecified atom stereocenters. The van der Waals surface area contributed by atoms with Gasteiger partial charge in [0.25, 0.3) is 0 Å². The number of amides is 2. The van der Waals surface area contributed by atoms with Crippen molar-refractivity contribution >= 4 is 49.3 Å². The third-order valence-corrected chi connectivity index (χ3v) is 9.46. The van der Waals surface area contributed by atoms with Crippen LogP contribution >= 0.6 is 11.8 Å². The fourth-order valence-corrected chi connectivity index (χ4v) is 7.42. The predicted octanol–water partition coefficient (Wildman–Crippen LogP) is 1.04. The number of fused-ring (bicyclic) bond motifs is 1. The Morgan fingerprint density at radius 1 is 1.16 bits per heavy atom. The Hall–Kier alpha value is -2.07. The van der Waals surface area contributed by atoms with Crippen molar-refractivity contribution in [3.05, 3.63) is 18.2 Å². The van der Waals surface area contributed by atoms with E-state index < -0.39 is 55.4 Å². The van der Waals surface area contributed by atoms with Gasteiger partial charge in [-0.25, -0.2) is 21.6 Å². The molecular weight excluding hydrogens is 544 g/mol. The van der Waals surface area contributed by atoms with Gasteiger partial charge in [-0.3, -0.25) is 10.1 Å². The highest BCUT2D eigenvalue weighted by Gasteiger charge is 2.32. The van der Waals surface area contributed by atoms with Gasteiger partial charge in [0.2, 0.25) is 15.9 Å². The summed E-state index contributed by atoms with van der Waals surface area (Å²) in [5, 5.41) is 19.0. The minimum absolute atomic E-state index is 0.0191. The van der Waals surface area contributed by atoms with Gasteiger partial charge in [0.05, 0.1) is 35.6 Å². The summed E-state index contributed by atoms with van der Waals surface area (Å²) < 4.78 is 55.8. The number of ether oxygens (including phenoxy) is 1. The number of thioether (sulfide) groups is 1. The first-order chi connectivity index (χ1) is 17.0. The second-order valence-corrected chi connectivity index (χ2v) is 14.8. The van der Waals surface area contributed by atoms with Crippen LogP contribution in [0.4, 0.5) is 10.5 Å². The minimum atomic E-state index is -4.03. The van der Waals surface area contributed by atoms with Crippen LogP contribution in [0.2, 0.25) is 0 Å². The van der Waals surface area contributed by atoms with Crippen molar-refractivity contribution in [1.29, 1.82) is 0 Å². The predicted molar refractivity (Wildman–Crippen MR) is 141 cm³/mol. The van der Waals surface area contributed by atoms with E-state index in [1.807, 2.05) is 13.8 Å². The molecule has 2 amide bonds. The van der Waals surface area contributed by atoms with Gasteiger partial charge in [0, 0.05) is 30.2 Å². The summed E-state index contributed by atoms with van der Waals surface area (Å²) in [6.07, 6.45) is -0.843. The first-order valence-corrected chi connectivity index (χ1v) is 16.0. The summed E-state index contributed by atoms with van der Waals surface area (Å²) in [6.45, 7) is 6.53. The molecule has 1 aliphatic heterocycles. The number of alkyl carbamates (subject to hydrolysis) is 1. The van der Waals surface area contributed by atoms with Gasteiger partial charge in [-0.2, -0.15) is 4.31 Å². The Bertz CT molecular complexity index is 1190. The number of nitrogens with one attached hydrogen (secondary N) is 3. The zero-order valence-corrected chi connectivity index (χ0v) is 24.2. The van der Waals surface area contributed by atoms with Crippen LogP contribution in [-0.2, 0) is 29.4 Å². The number of carbonyl (C=O) groups is 2.